The van der Waals surface area contributed by atoms with Gasteiger partial charge in [-0.2, -0.15) is 0 Å². The van der Waals surface area contributed by atoms with E-state index < -0.39 is 5.91 Å². The van der Waals surface area contributed by atoms with Gasteiger partial charge in [-0.3, -0.25) is 4.79 Å². The smallest absolute Gasteiger partial charge is 0.277 e. The number of ether oxygens (including phenoxy) is 1. The molecule has 0 bridgehead atoms. The molecule has 0 aliphatic heterocycles. The van der Waals surface area contributed by atoms with Crippen LogP contribution in [-0.2, 0) is 6.61 Å². The normalized spacial score (nSPS) is 10.9. The molecule has 0 unspecified atom stereocenters. The summed E-state index contributed by atoms with van der Waals surface area (Å²) in [5.41, 5.74) is 2.40. The van der Waals surface area contributed by atoms with Gasteiger partial charge in [-0.15, -0.1) is 0 Å². The minimum Gasteiger partial charge on any atom is -0.487 e. The maximum Gasteiger partial charge on any atom is 0.277 e. The van der Waals surface area contributed by atoms with Crippen molar-refractivity contribution in [3.63, 3.8) is 0 Å². The first kappa shape index (κ1) is 17.7. The number of aromatic nitrogens is 3. The SMILES string of the molecule is O=C(Nc1cccc(OCc2cn3ccccc3n2)c1)c1cc(-c2ccco2)on1. The summed E-state index contributed by atoms with van der Waals surface area (Å²) in [4.78, 5) is 17.0. The summed E-state index contributed by atoms with van der Waals surface area (Å²) >= 11 is 0. The van der Waals surface area contributed by atoms with Gasteiger partial charge in [0.1, 0.15) is 18.0 Å². The number of carbonyl (C=O) groups is 1. The number of carbonyl (C=O) groups excluding carboxylic acids is 1. The average molecular weight is 400 g/mol. The molecule has 1 amide bonds. The highest BCUT2D eigenvalue weighted by Gasteiger charge is 2.15. The molecule has 5 rings (SSSR count). The fourth-order valence-corrected chi connectivity index (χ4v) is 2.99. The topological polar surface area (TPSA) is 94.8 Å². The highest BCUT2D eigenvalue weighted by molar-refractivity contribution is 6.03. The van der Waals surface area contributed by atoms with E-state index in [1.807, 2.05) is 41.1 Å². The number of benzene rings is 1. The van der Waals surface area contributed by atoms with Crippen LogP contribution in [0.1, 0.15) is 16.2 Å². The Morgan fingerprint density at radius 1 is 1.07 bits per heavy atom. The van der Waals surface area contributed by atoms with E-state index in [0.29, 0.717) is 29.6 Å². The van der Waals surface area contributed by atoms with Crippen LogP contribution in [0.3, 0.4) is 0 Å². The molecule has 0 saturated heterocycles. The summed E-state index contributed by atoms with van der Waals surface area (Å²) < 4.78 is 18.2. The van der Waals surface area contributed by atoms with Gasteiger partial charge in [0.2, 0.25) is 5.76 Å². The van der Waals surface area contributed by atoms with E-state index in [9.17, 15) is 4.79 Å². The van der Waals surface area contributed by atoms with Gasteiger partial charge in [0.05, 0.1) is 12.0 Å². The summed E-state index contributed by atoms with van der Waals surface area (Å²) in [6.45, 7) is 0.314. The fourth-order valence-electron chi connectivity index (χ4n) is 2.99. The van der Waals surface area contributed by atoms with E-state index >= 15 is 0 Å². The largest absolute Gasteiger partial charge is 0.487 e. The van der Waals surface area contributed by atoms with Crippen LogP contribution in [0.25, 0.3) is 17.2 Å². The summed E-state index contributed by atoms with van der Waals surface area (Å²) in [6.07, 6.45) is 5.38. The number of rotatable bonds is 6. The zero-order valence-electron chi connectivity index (χ0n) is 15.7. The molecule has 0 atom stereocenters. The van der Waals surface area contributed by atoms with Crippen molar-refractivity contribution in [1.82, 2.24) is 14.5 Å². The fraction of sp³-hybridized carbons (Fsp3) is 0.0455. The minimum atomic E-state index is -0.394. The molecule has 30 heavy (non-hydrogen) atoms. The van der Waals surface area contributed by atoms with Crippen LogP contribution >= 0.6 is 0 Å². The number of nitrogens with one attached hydrogen (secondary N) is 1. The van der Waals surface area contributed by atoms with E-state index in [1.165, 1.54) is 12.3 Å². The number of furan rings is 1. The summed E-state index contributed by atoms with van der Waals surface area (Å²) in [6, 6.07) is 17.9. The Morgan fingerprint density at radius 2 is 2.03 bits per heavy atom. The van der Waals surface area contributed by atoms with Crippen molar-refractivity contribution in [3.05, 3.63) is 90.7 Å². The van der Waals surface area contributed by atoms with Crippen molar-refractivity contribution < 1.29 is 18.5 Å². The van der Waals surface area contributed by atoms with Gasteiger partial charge in [0.25, 0.3) is 5.91 Å². The van der Waals surface area contributed by atoms with Gasteiger partial charge in [0, 0.05) is 30.2 Å². The molecule has 0 aliphatic rings. The zero-order chi connectivity index (χ0) is 20.3. The van der Waals surface area contributed by atoms with Crippen LogP contribution in [0.5, 0.6) is 5.75 Å². The second-order valence-corrected chi connectivity index (χ2v) is 6.52. The highest BCUT2D eigenvalue weighted by atomic mass is 16.5. The van der Waals surface area contributed by atoms with Crippen molar-refractivity contribution >= 4 is 17.2 Å². The molecular weight excluding hydrogens is 384 g/mol. The summed E-state index contributed by atoms with van der Waals surface area (Å²) in [5.74, 6) is 1.11. The summed E-state index contributed by atoms with van der Waals surface area (Å²) in [5, 5.41) is 6.58. The van der Waals surface area contributed by atoms with Gasteiger partial charge in [-0.25, -0.2) is 4.98 Å². The maximum atomic E-state index is 12.5. The van der Waals surface area contributed by atoms with Gasteiger partial charge in [0.15, 0.2) is 11.5 Å². The number of nitrogens with zero attached hydrogens (tertiary/aromatic N) is 3. The molecule has 0 saturated carbocycles. The Hall–Kier alpha value is -4.33. The molecule has 0 fully saturated rings. The molecular formula is C22H16N4O4. The third-order valence-corrected chi connectivity index (χ3v) is 4.40. The van der Waals surface area contributed by atoms with E-state index in [4.69, 9.17) is 13.7 Å². The number of hydrogen-bond acceptors (Lipinski definition) is 6. The predicted octanol–water partition coefficient (Wildman–Crippen LogP) is 4.41. The van der Waals surface area contributed by atoms with Crippen molar-refractivity contribution in [1.29, 1.82) is 0 Å². The third kappa shape index (κ3) is 3.66. The lowest BCUT2D eigenvalue weighted by atomic mass is 10.2. The molecule has 5 aromatic rings. The minimum absolute atomic E-state index is 0.150. The molecule has 0 radical (unpaired) electrons. The molecule has 0 spiro atoms. The second-order valence-electron chi connectivity index (χ2n) is 6.52. The second kappa shape index (κ2) is 7.59. The predicted molar refractivity (Wildman–Crippen MR) is 108 cm³/mol. The Bertz CT molecular complexity index is 1270. The molecule has 148 valence electrons. The maximum absolute atomic E-state index is 12.5. The first-order valence-electron chi connectivity index (χ1n) is 9.22. The van der Waals surface area contributed by atoms with Gasteiger partial charge in [-0.05, 0) is 36.4 Å². The number of hydrogen-bond donors (Lipinski definition) is 1. The van der Waals surface area contributed by atoms with Crippen LogP contribution in [0, 0.1) is 0 Å². The average Bonchev–Trinajstić information content (AvgIpc) is 3.52. The number of amides is 1. The molecule has 1 aromatic carbocycles. The van der Waals surface area contributed by atoms with Gasteiger partial charge >= 0.3 is 0 Å². The van der Waals surface area contributed by atoms with Crippen molar-refractivity contribution in [2.24, 2.45) is 0 Å². The number of pyridine rings is 1. The Morgan fingerprint density at radius 3 is 2.90 bits per heavy atom. The van der Waals surface area contributed by atoms with E-state index in [-0.39, 0.29) is 5.69 Å². The Balaban J connectivity index is 1.25. The van der Waals surface area contributed by atoms with E-state index in [1.54, 1.807) is 30.3 Å². The van der Waals surface area contributed by atoms with Gasteiger partial charge < -0.3 is 23.4 Å². The lowest BCUT2D eigenvalue weighted by Gasteiger charge is -2.07. The van der Waals surface area contributed by atoms with Crippen LogP contribution in [0.4, 0.5) is 5.69 Å². The van der Waals surface area contributed by atoms with Crippen LogP contribution < -0.4 is 10.1 Å². The lowest BCUT2D eigenvalue weighted by Crippen LogP contribution is -2.12. The number of fused-ring (bicyclic) bond motifs is 1. The first-order chi connectivity index (χ1) is 14.7. The number of anilines is 1. The Labute approximate surface area is 170 Å². The molecule has 1 N–H and O–H groups in total. The Kier molecular flexibility index (Phi) is 4.49. The summed E-state index contributed by atoms with van der Waals surface area (Å²) in [7, 11) is 0. The monoisotopic (exact) mass is 400 g/mol. The first-order valence-corrected chi connectivity index (χ1v) is 9.22. The molecule has 0 aliphatic carbocycles. The zero-order valence-corrected chi connectivity index (χ0v) is 15.7. The molecule has 8 heteroatoms. The molecule has 4 aromatic heterocycles. The molecule has 4 heterocycles. The standard InChI is InChI=1S/C22H16N4O4/c27-22(18-12-20(30-25-18)19-7-4-10-28-19)24-15-5-3-6-17(11-15)29-14-16-13-26-9-2-1-8-21(26)23-16/h1-13H,14H2,(H,24,27). The van der Waals surface area contributed by atoms with E-state index in [2.05, 4.69) is 15.5 Å². The highest BCUT2D eigenvalue weighted by Crippen LogP contribution is 2.22. The van der Waals surface area contributed by atoms with Crippen LogP contribution in [0.15, 0.2) is 88.3 Å². The van der Waals surface area contributed by atoms with Gasteiger partial charge in [-0.1, -0.05) is 17.3 Å². The third-order valence-electron chi connectivity index (χ3n) is 4.40. The lowest BCUT2D eigenvalue weighted by molar-refractivity contribution is 0.101. The van der Waals surface area contributed by atoms with Crippen LogP contribution in [-0.4, -0.2) is 20.4 Å². The quantitative estimate of drug-likeness (QED) is 0.454. The molecule has 8 nitrogen and oxygen atoms in total. The number of imidazole rings is 1. The van der Waals surface area contributed by atoms with Crippen molar-refractivity contribution in [3.8, 4) is 17.3 Å². The van der Waals surface area contributed by atoms with Crippen molar-refractivity contribution in [2.75, 3.05) is 5.32 Å². The van der Waals surface area contributed by atoms with Crippen molar-refractivity contribution in [2.45, 2.75) is 6.61 Å². The van der Waals surface area contributed by atoms with E-state index in [0.717, 1.165) is 11.3 Å². The van der Waals surface area contributed by atoms with Crippen LogP contribution in [0.2, 0.25) is 0 Å².